The average Bonchev–Trinajstić information content (AvgIpc) is 2.45. The maximum absolute atomic E-state index is 10.9. The summed E-state index contributed by atoms with van der Waals surface area (Å²) >= 11 is 0. The summed E-state index contributed by atoms with van der Waals surface area (Å²) in [6.45, 7) is 1.58. The van der Waals surface area contributed by atoms with E-state index in [1.807, 2.05) is 0 Å². The zero-order valence-electron chi connectivity index (χ0n) is 11.9. The zero-order chi connectivity index (χ0) is 16.0. The van der Waals surface area contributed by atoms with E-state index in [0.29, 0.717) is 0 Å². The van der Waals surface area contributed by atoms with E-state index in [4.69, 9.17) is 9.84 Å². The Hall–Kier alpha value is -2.12. The van der Waals surface area contributed by atoms with Gasteiger partial charge in [-0.05, 0) is 18.6 Å². The number of carbonyl (C=O) groups is 2. The SMILES string of the molecule is COc1cc(C(=O)O)ccc1C(O)C(O)CCNC(C)=O. The molecular formula is C14H19NO6. The second-order valence-corrected chi connectivity index (χ2v) is 4.55. The van der Waals surface area contributed by atoms with Crippen LogP contribution in [0.3, 0.4) is 0 Å². The molecule has 4 N–H and O–H groups in total. The first-order chi connectivity index (χ1) is 9.86. The van der Waals surface area contributed by atoms with Gasteiger partial charge in [0.25, 0.3) is 0 Å². The Morgan fingerprint density at radius 2 is 2.00 bits per heavy atom. The number of amides is 1. The first-order valence-electron chi connectivity index (χ1n) is 6.38. The van der Waals surface area contributed by atoms with Gasteiger partial charge in [0.1, 0.15) is 11.9 Å². The molecule has 0 spiro atoms. The predicted molar refractivity (Wildman–Crippen MR) is 74.2 cm³/mol. The van der Waals surface area contributed by atoms with Gasteiger partial charge in [-0.15, -0.1) is 0 Å². The Morgan fingerprint density at radius 3 is 2.52 bits per heavy atom. The summed E-state index contributed by atoms with van der Waals surface area (Å²) in [5.41, 5.74) is 0.313. The number of carbonyl (C=O) groups excluding carboxylic acids is 1. The van der Waals surface area contributed by atoms with Crippen molar-refractivity contribution < 1.29 is 29.6 Å². The lowest BCUT2D eigenvalue weighted by atomic mass is 9.99. The van der Waals surface area contributed by atoms with Gasteiger partial charge in [0.15, 0.2) is 0 Å². The minimum atomic E-state index is -1.24. The second-order valence-electron chi connectivity index (χ2n) is 4.55. The summed E-state index contributed by atoms with van der Waals surface area (Å²) < 4.78 is 5.05. The predicted octanol–water partition coefficient (Wildman–Crippen LogP) is 0.314. The number of hydrogen-bond donors (Lipinski definition) is 4. The van der Waals surface area contributed by atoms with E-state index in [1.54, 1.807) is 0 Å². The Bertz CT molecular complexity index is 516. The topological polar surface area (TPSA) is 116 Å². The van der Waals surface area contributed by atoms with Crippen molar-refractivity contribution in [1.82, 2.24) is 5.32 Å². The highest BCUT2D eigenvalue weighted by Gasteiger charge is 2.22. The summed E-state index contributed by atoms with van der Waals surface area (Å²) in [7, 11) is 1.35. The number of benzene rings is 1. The molecule has 7 heteroatoms. The number of rotatable bonds is 7. The summed E-state index contributed by atoms with van der Waals surface area (Å²) in [4.78, 5) is 21.6. The minimum absolute atomic E-state index is 0.0236. The van der Waals surface area contributed by atoms with Crippen LogP contribution in [0.2, 0.25) is 0 Å². The van der Waals surface area contributed by atoms with Crippen LogP contribution in [0.4, 0.5) is 0 Å². The molecular weight excluding hydrogens is 278 g/mol. The molecule has 0 aliphatic heterocycles. The lowest BCUT2D eigenvalue weighted by molar-refractivity contribution is -0.119. The van der Waals surface area contributed by atoms with Crippen molar-refractivity contribution in [1.29, 1.82) is 0 Å². The van der Waals surface area contributed by atoms with E-state index < -0.39 is 18.2 Å². The van der Waals surface area contributed by atoms with E-state index in [9.17, 15) is 19.8 Å². The number of methoxy groups -OCH3 is 1. The molecule has 0 aromatic heterocycles. The monoisotopic (exact) mass is 297 g/mol. The smallest absolute Gasteiger partial charge is 0.335 e. The van der Waals surface area contributed by atoms with Crippen LogP contribution in [-0.4, -0.2) is 47.0 Å². The molecule has 0 aliphatic carbocycles. The molecule has 7 nitrogen and oxygen atoms in total. The van der Waals surface area contributed by atoms with Gasteiger partial charge in [0.05, 0.1) is 18.8 Å². The van der Waals surface area contributed by atoms with E-state index >= 15 is 0 Å². The quantitative estimate of drug-likeness (QED) is 0.576. The van der Waals surface area contributed by atoms with Crippen molar-refractivity contribution in [3.63, 3.8) is 0 Å². The fourth-order valence-electron chi connectivity index (χ4n) is 1.85. The maximum atomic E-state index is 10.9. The van der Waals surface area contributed by atoms with Gasteiger partial charge in [-0.3, -0.25) is 4.79 Å². The maximum Gasteiger partial charge on any atom is 0.335 e. The molecule has 0 saturated carbocycles. The molecule has 0 saturated heterocycles. The normalized spacial score (nSPS) is 13.3. The largest absolute Gasteiger partial charge is 0.496 e. The van der Waals surface area contributed by atoms with Gasteiger partial charge in [-0.25, -0.2) is 4.79 Å². The Morgan fingerprint density at radius 1 is 1.33 bits per heavy atom. The average molecular weight is 297 g/mol. The second kappa shape index (κ2) is 7.61. The molecule has 21 heavy (non-hydrogen) atoms. The van der Waals surface area contributed by atoms with Crippen LogP contribution in [0.5, 0.6) is 5.75 Å². The lowest BCUT2D eigenvalue weighted by Gasteiger charge is -2.20. The molecule has 1 aromatic carbocycles. The third-order valence-electron chi connectivity index (χ3n) is 2.98. The highest BCUT2D eigenvalue weighted by molar-refractivity contribution is 5.88. The Balaban J connectivity index is 2.83. The van der Waals surface area contributed by atoms with Gasteiger partial charge in [-0.1, -0.05) is 6.07 Å². The molecule has 0 aliphatic rings. The first-order valence-corrected chi connectivity index (χ1v) is 6.38. The van der Waals surface area contributed by atoms with E-state index in [2.05, 4.69) is 5.32 Å². The fourth-order valence-corrected chi connectivity index (χ4v) is 1.85. The standard InChI is InChI=1S/C14H19NO6/c1-8(16)15-6-5-11(17)13(18)10-4-3-9(14(19)20)7-12(10)21-2/h3-4,7,11,13,17-18H,5-6H2,1-2H3,(H,15,16)(H,19,20). The number of nitrogens with one attached hydrogen (secondary N) is 1. The van der Waals surface area contributed by atoms with Crippen LogP contribution in [0, 0.1) is 0 Å². The minimum Gasteiger partial charge on any atom is -0.496 e. The molecule has 1 rings (SSSR count). The van der Waals surface area contributed by atoms with Crippen molar-refractivity contribution in [2.45, 2.75) is 25.6 Å². The van der Waals surface area contributed by atoms with Crippen LogP contribution >= 0.6 is 0 Å². The third kappa shape index (κ3) is 4.73. The van der Waals surface area contributed by atoms with Crippen molar-refractivity contribution in [3.05, 3.63) is 29.3 Å². The number of hydrogen-bond acceptors (Lipinski definition) is 5. The van der Waals surface area contributed by atoms with Gasteiger partial charge in [-0.2, -0.15) is 0 Å². The highest BCUT2D eigenvalue weighted by Crippen LogP contribution is 2.29. The first kappa shape index (κ1) is 16.9. The molecule has 1 aromatic rings. The van der Waals surface area contributed by atoms with E-state index in [-0.39, 0.29) is 35.7 Å². The van der Waals surface area contributed by atoms with E-state index in [1.165, 1.54) is 32.2 Å². The van der Waals surface area contributed by atoms with Gasteiger partial charge in [0.2, 0.25) is 5.91 Å². The molecule has 0 fully saturated rings. The summed E-state index contributed by atoms with van der Waals surface area (Å²) in [5, 5.41) is 31.4. The molecule has 0 radical (unpaired) electrons. The van der Waals surface area contributed by atoms with Crippen molar-refractivity contribution in [2.75, 3.05) is 13.7 Å². The van der Waals surface area contributed by atoms with Crippen LogP contribution in [0.1, 0.15) is 35.4 Å². The highest BCUT2D eigenvalue weighted by atomic mass is 16.5. The summed E-state index contributed by atoms with van der Waals surface area (Å²) in [6.07, 6.45) is -2.19. The molecule has 1 amide bonds. The van der Waals surface area contributed by atoms with Crippen molar-refractivity contribution in [3.8, 4) is 5.75 Å². The third-order valence-corrected chi connectivity index (χ3v) is 2.98. The van der Waals surface area contributed by atoms with Crippen LogP contribution in [-0.2, 0) is 4.79 Å². The number of aliphatic hydroxyl groups excluding tert-OH is 2. The molecule has 0 heterocycles. The molecule has 0 bridgehead atoms. The molecule has 2 atom stereocenters. The Kier molecular flexibility index (Phi) is 6.13. The van der Waals surface area contributed by atoms with E-state index in [0.717, 1.165) is 0 Å². The van der Waals surface area contributed by atoms with Crippen molar-refractivity contribution in [2.24, 2.45) is 0 Å². The Labute approximate surface area is 122 Å². The summed E-state index contributed by atoms with van der Waals surface area (Å²) in [6, 6.07) is 4.00. The summed E-state index contributed by atoms with van der Waals surface area (Å²) in [5.74, 6) is -1.15. The molecule has 2 unspecified atom stereocenters. The molecule has 116 valence electrons. The number of carboxylic acid groups (broad SMARTS) is 1. The fraction of sp³-hybridized carbons (Fsp3) is 0.429. The number of aliphatic hydroxyl groups is 2. The van der Waals surface area contributed by atoms with Gasteiger partial charge < -0.3 is 25.4 Å². The van der Waals surface area contributed by atoms with Crippen LogP contribution in [0.15, 0.2) is 18.2 Å². The van der Waals surface area contributed by atoms with Crippen LogP contribution < -0.4 is 10.1 Å². The number of aromatic carboxylic acids is 1. The van der Waals surface area contributed by atoms with Crippen molar-refractivity contribution >= 4 is 11.9 Å². The van der Waals surface area contributed by atoms with Gasteiger partial charge in [0, 0.05) is 19.0 Å². The number of carboxylic acids is 1. The lowest BCUT2D eigenvalue weighted by Crippen LogP contribution is -2.27. The number of ether oxygens (including phenoxy) is 1. The van der Waals surface area contributed by atoms with Crippen LogP contribution in [0.25, 0.3) is 0 Å². The zero-order valence-corrected chi connectivity index (χ0v) is 11.9. The van der Waals surface area contributed by atoms with Gasteiger partial charge >= 0.3 is 5.97 Å².